The Hall–Kier alpha value is -1.26. The van der Waals surface area contributed by atoms with Crippen molar-refractivity contribution in [3.05, 3.63) is 0 Å². The number of alkyl carbamates (subject to hydrolysis) is 1. The highest BCUT2D eigenvalue weighted by atomic mass is 16.6. The summed E-state index contributed by atoms with van der Waals surface area (Å²) >= 11 is 0. The van der Waals surface area contributed by atoms with Gasteiger partial charge in [0.1, 0.15) is 6.61 Å². The van der Waals surface area contributed by atoms with Crippen LogP contribution in [0.3, 0.4) is 0 Å². The molecule has 0 aromatic heterocycles. The molecule has 0 aliphatic carbocycles. The molecule has 0 aromatic rings. The average molecular weight is 173 g/mol. The molecule has 0 radical (unpaired) electrons. The number of carbonyl (C=O) groups is 2. The summed E-state index contributed by atoms with van der Waals surface area (Å²) in [6, 6.07) is 0. The Bertz CT molecular complexity index is 203. The number of hydrogen-bond donors (Lipinski definition) is 2. The van der Waals surface area contributed by atoms with E-state index < -0.39 is 17.5 Å². The summed E-state index contributed by atoms with van der Waals surface area (Å²) in [6.07, 6.45) is -0.467. The third kappa shape index (κ3) is 2.11. The minimum atomic E-state index is -0.878. The summed E-state index contributed by atoms with van der Waals surface area (Å²) in [5.74, 6) is -0.878. The van der Waals surface area contributed by atoms with Crippen LogP contribution in [-0.2, 0) is 9.53 Å². The van der Waals surface area contributed by atoms with Gasteiger partial charge in [-0.3, -0.25) is 4.79 Å². The third-order valence-corrected chi connectivity index (χ3v) is 1.79. The van der Waals surface area contributed by atoms with Crippen LogP contribution in [0, 0.1) is 5.41 Å². The second-order valence-corrected chi connectivity index (χ2v) is 3.31. The van der Waals surface area contributed by atoms with E-state index in [2.05, 4.69) is 10.1 Å². The Morgan fingerprint density at radius 1 is 1.83 bits per heavy atom. The predicted molar refractivity (Wildman–Crippen MR) is 39.7 cm³/mol. The monoisotopic (exact) mass is 173 g/mol. The van der Waals surface area contributed by atoms with Gasteiger partial charge >= 0.3 is 12.1 Å². The van der Waals surface area contributed by atoms with E-state index in [-0.39, 0.29) is 13.0 Å². The van der Waals surface area contributed by atoms with Crippen LogP contribution in [0.5, 0.6) is 0 Å². The third-order valence-electron chi connectivity index (χ3n) is 1.79. The van der Waals surface area contributed by atoms with Gasteiger partial charge in [0, 0.05) is 12.0 Å². The Labute approximate surface area is 69.7 Å². The van der Waals surface area contributed by atoms with Gasteiger partial charge in [-0.25, -0.2) is 4.79 Å². The van der Waals surface area contributed by atoms with Gasteiger partial charge in [-0.15, -0.1) is 0 Å². The molecule has 1 rings (SSSR count). The summed E-state index contributed by atoms with van der Waals surface area (Å²) < 4.78 is 4.68. The van der Waals surface area contributed by atoms with Gasteiger partial charge in [-0.05, 0) is 0 Å². The molecule has 1 heterocycles. The van der Waals surface area contributed by atoms with Gasteiger partial charge in [0.15, 0.2) is 0 Å². The van der Waals surface area contributed by atoms with E-state index in [0.29, 0.717) is 6.54 Å². The first-order chi connectivity index (χ1) is 5.52. The van der Waals surface area contributed by atoms with E-state index in [9.17, 15) is 9.59 Å². The van der Waals surface area contributed by atoms with Crippen molar-refractivity contribution in [2.75, 3.05) is 13.2 Å². The minimum absolute atomic E-state index is 0.00722. The maximum atomic E-state index is 10.6. The van der Waals surface area contributed by atoms with Crippen molar-refractivity contribution in [3.8, 4) is 0 Å². The second-order valence-electron chi connectivity index (χ2n) is 3.31. The van der Waals surface area contributed by atoms with Crippen LogP contribution < -0.4 is 5.32 Å². The molecule has 2 N–H and O–H groups in total. The van der Waals surface area contributed by atoms with Gasteiger partial charge in [0.2, 0.25) is 0 Å². The average Bonchev–Trinajstić information content (AvgIpc) is 1.94. The highest BCUT2D eigenvalue weighted by Crippen LogP contribution is 2.23. The lowest BCUT2D eigenvalue weighted by atomic mass is 9.87. The summed E-state index contributed by atoms with van der Waals surface area (Å²) in [5.41, 5.74) is -0.472. The zero-order valence-corrected chi connectivity index (χ0v) is 6.79. The molecule has 1 saturated heterocycles. The molecule has 5 heteroatoms. The second kappa shape index (κ2) is 3.00. The van der Waals surface area contributed by atoms with Crippen LogP contribution in [-0.4, -0.2) is 30.3 Å². The Morgan fingerprint density at radius 3 is 2.92 bits per heavy atom. The van der Waals surface area contributed by atoms with Gasteiger partial charge in [-0.1, -0.05) is 6.92 Å². The number of cyclic esters (lactones) is 1. The predicted octanol–water partition coefficient (Wildman–Crippen LogP) is 0.207. The molecule has 12 heavy (non-hydrogen) atoms. The molecule has 1 unspecified atom stereocenters. The molecule has 0 aromatic carbocycles. The first-order valence-electron chi connectivity index (χ1n) is 3.64. The Balaban J connectivity index is 2.49. The van der Waals surface area contributed by atoms with Crippen LogP contribution in [0.25, 0.3) is 0 Å². The molecule has 1 atom stereocenters. The molecule has 1 aliphatic rings. The topological polar surface area (TPSA) is 75.6 Å². The highest BCUT2D eigenvalue weighted by molar-refractivity contribution is 5.70. The quantitative estimate of drug-likeness (QED) is 0.625. The molecule has 1 aliphatic heterocycles. The number of ether oxygens (including phenoxy) is 1. The van der Waals surface area contributed by atoms with Crippen molar-refractivity contribution in [2.24, 2.45) is 5.41 Å². The molecule has 0 saturated carbocycles. The summed E-state index contributed by atoms with van der Waals surface area (Å²) in [4.78, 5) is 20.9. The van der Waals surface area contributed by atoms with Gasteiger partial charge in [0.05, 0.1) is 6.42 Å². The SMILES string of the molecule is CC1(CC(=O)O)CNC(=O)OC1. The first kappa shape index (κ1) is 8.83. The molecule has 0 spiro atoms. The maximum absolute atomic E-state index is 10.6. The number of carbonyl (C=O) groups excluding carboxylic acids is 1. The molecular weight excluding hydrogens is 162 g/mol. The smallest absolute Gasteiger partial charge is 0.407 e. The zero-order valence-electron chi connectivity index (χ0n) is 6.79. The molecule has 1 fully saturated rings. The molecule has 1 amide bonds. The van der Waals surface area contributed by atoms with Crippen LogP contribution in [0.4, 0.5) is 4.79 Å². The molecular formula is C7H11NO4. The van der Waals surface area contributed by atoms with Gasteiger partial charge in [0.25, 0.3) is 0 Å². The summed E-state index contributed by atoms with van der Waals surface area (Å²) in [7, 11) is 0. The summed E-state index contributed by atoms with van der Waals surface area (Å²) in [6.45, 7) is 2.30. The fraction of sp³-hybridized carbons (Fsp3) is 0.714. The van der Waals surface area contributed by atoms with Crippen molar-refractivity contribution in [2.45, 2.75) is 13.3 Å². The number of rotatable bonds is 2. The van der Waals surface area contributed by atoms with E-state index >= 15 is 0 Å². The number of hydrogen-bond acceptors (Lipinski definition) is 3. The standard InChI is InChI=1S/C7H11NO4/c1-7(2-5(9)10)3-8-6(11)12-4-7/h2-4H2,1H3,(H,8,11)(H,9,10). The number of carboxylic acids is 1. The fourth-order valence-electron chi connectivity index (χ4n) is 1.11. The van der Waals surface area contributed by atoms with Crippen LogP contribution in [0.15, 0.2) is 0 Å². The van der Waals surface area contributed by atoms with Gasteiger partial charge < -0.3 is 15.2 Å². The molecule has 5 nitrogen and oxygen atoms in total. The summed E-state index contributed by atoms with van der Waals surface area (Å²) in [5, 5.41) is 11.0. The zero-order chi connectivity index (χ0) is 9.19. The van der Waals surface area contributed by atoms with Crippen molar-refractivity contribution in [1.29, 1.82) is 0 Å². The van der Waals surface area contributed by atoms with Crippen LogP contribution >= 0.6 is 0 Å². The maximum Gasteiger partial charge on any atom is 0.407 e. The van der Waals surface area contributed by atoms with Crippen molar-refractivity contribution in [1.82, 2.24) is 5.32 Å². The minimum Gasteiger partial charge on any atom is -0.481 e. The number of aliphatic carboxylic acids is 1. The van der Waals surface area contributed by atoms with E-state index in [0.717, 1.165) is 0 Å². The molecule has 0 bridgehead atoms. The Kier molecular flexibility index (Phi) is 2.21. The lowest BCUT2D eigenvalue weighted by Gasteiger charge is -2.31. The highest BCUT2D eigenvalue weighted by Gasteiger charge is 2.33. The van der Waals surface area contributed by atoms with Gasteiger partial charge in [-0.2, -0.15) is 0 Å². The lowest BCUT2D eigenvalue weighted by Crippen LogP contribution is -2.46. The normalized spacial score (nSPS) is 28.9. The van der Waals surface area contributed by atoms with Crippen LogP contribution in [0.1, 0.15) is 13.3 Å². The van der Waals surface area contributed by atoms with E-state index in [1.807, 2.05) is 0 Å². The molecule has 68 valence electrons. The van der Waals surface area contributed by atoms with E-state index in [1.165, 1.54) is 0 Å². The largest absolute Gasteiger partial charge is 0.481 e. The Morgan fingerprint density at radius 2 is 2.50 bits per heavy atom. The van der Waals surface area contributed by atoms with E-state index in [4.69, 9.17) is 5.11 Å². The van der Waals surface area contributed by atoms with Crippen molar-refractivity contribution in [3.63, 3.8) is 0 Å². The lowest BCUT2D eigenvalue weighted by molar-refractivity contribution is -0.140. The van der Waals surface area contributed by atoms with Crippen LogP contribution in [0.2, 0.25) is 0 Å². The van der Waals surface area contributed by atoms with Crippen molar-refractivity contribution < 1.29 is 19.4 Å². The van der Waals surface area contributed by atoms with Crippen molar-refractivity contribution >= 4 is 12.1 Å². The number of carboxylic acid groups (broad SMARTS) is 1. The first-order valence-corrected chi connectivity index (χ1v) is 3.64. The van der Waals surface area contributed by atoms with E-state index in [1.54, 1.807) is 6.92 Å². The number of amides is 1. The fourth-order valence-corrected chi connectivity index (χ4v) is 1.11. The number of nitrogens with one attached hydrogen (secondary N) is 1.